The van der Waals surface area contributed by atoms with Gasteiger partial charge in [0.05, 0.1) is 6.61 Å². The minimum atomic E-state index is -0.818. The molecule has 1 aromatic rings. The van der Waals surface area contributed by atoms with Crippen molar-refractivity contribution in [1.29, 1.82) is 0 Å². The molecule has 2 heterocycles. The van der Waals surface area contributed by atoms with Gasteiger partial charge in [0.25, 0.3) is 0 Å². The van der Waals surface area contributed by atoms with Crippen molar-refractivity contribution in [3.63, 3.8) is 0 Å². The molecule has 0 aromatic heterocycles. The third-order valence-corrected chi connectivity index (χ3v) is 3.20. The molecular formula is C13H17BrO4. The summed E-state index contributed by atoms with van der Waals surface area (Å²) >= 11 is 3.31. The largest absolute Gasteiger partial charge is 0.366 e. The van der Waals surface area contributed by atoms with E-state index in [0.29, 0.717) is 6.61 Å². The molecule has 4 nitrogen and oxygen atoms in total. The number of hydrogen-bond donors (Lipinski definition) is 1. The van der Waals surface area contributed by atoms with Crippen molar-refractivity contribution in [2.75, 3.05) is 6.61 Å². The summed E-state index contributed by atoms with van der Waals surface area (Å²) in [7, 11) is 0. The first-order chi connectivity index (χ1) is 8.48. The average molecular weight is 317 g/mol. The Morgan fingerprint density at radius 2 is 1.89 bits per heavy atom. The third-order valence-electron chi connectivity index (χ3n) is 2.67. The van der Waals surface area contributed by atoms with E-state index in [1.165, 1.54) is 0 Å². The molecule has 0 spiro atoms. The lowest BCUT2D eigenvalue weighted by Gasteiger charge is -2.19. The fourth-order valence-electron chi connectivity index (χ4n) is 1.94. The Morgan fingerprint density at radius 3 is 2.39 bits per heavy atom. The SMILES string of the molecule is Brc1ccccc1.CC1(C)OC2COC(O)C2O1. The molecule has 3 unspecified atom stereocenters. The van der Waals surface area contributed by atoms with Gasteiger partial charge < -0.3 is 19.3 Å². The molecule has 0 bridgehead atoms. The zero-order valence-corrected chi connectivity index (χ0v) is 12.0. The Balaban J connectivity index is 0.000000149. The van der Waals surface area contributed by atoms with Gasteiger partial charge in [-0.1, -0.05) is 34.1 Å². The van der Waals surface area contributed by atoms with Gasteiger partial charge in [0.1, 0.15) is 12.2 Å². The van der Waals surface area contributed by atoms with Gasteiger partial charge in [-0.3, -0.25) is 0 Å². The zero-order chi connectivity index (χ0) is 13.2. The molecule has 0 aliphatic carbocycles. The monoisotopic (exact) mass is 316 g/mol. The Morgan fingerprint density at radius 1 is 1.22 bits per heavy atom. The number of aliphatic hydroxyl groups is 1. The maximum Gasteiger partial charge on any atom is 0.184 e. The van der Waals surface area contributed by atoms with Gasteiger partial charge in [0, 0.05) is 4.47 Å². The number of rotatable bonds is 0. The normalized spacial score (nSPS) is 32.6. The Labute approximate surface area is 115 Å². The van der Waals surface area contributed by atoms with Crippen LogP contribution in [0.25, 0.3) is 0 Å². The summed E-state index contributed by atoms with van der Waals surface area (Å²) in [6.45, 7) is 4.09. The second-order valence-electron chi connectivity index (χ2n) is 4.66. The van der Waals surface area contributed by atoms with E-state index in [9.17, 15) is 5.11 Å². The first kappa shape index (κ1) is 14.0. The number of halogens is 1. The molecule has 2 saturated heterocycles. The van der Waals surface area contributed by atoms with Gasteiger partial charge >= 0.3 is 0 Å². The van der Waals surface area contributed by atoms with Gasteiger partial charge in [-0.25, -0.2) is 0 Å². The van der Waals surface area contributed by atoms with E-state index in [2.05, 4.69) is 15.9 Å². The highest BCUT2D eigenvalue weighted by Gasteiger charge is 2.49. The predicted octanol–water partition coefficient (Wildman–Crippen LogP) is 2.30. The van der Waals surface area contributed by atoms with Crippen LogP contribution in [0.1, 0.15) is 13.8 Å². The summed E-state index contributed by atoms with van der Waals surface area (Å²) in [6, 6.07) is 9.97. The van der Waals surface area contributed by atoms with Crippen LogP contribution in [0.3, 0.4) is 0 Å². The number of ether oxygens (including phenoxy) is 3. The van der Waals surface area contributed by atoms with Crippen LogP contribution in [-0.2, 0) is 14.2 Å². The molecule has 2 aliphatic rings. The van der Waals surface area contributed by atoms with E-state index in [1.807, 2.05) is 44.2 Å². The van der Waals surface area contributed by atoms with Gasteiger partial charge in [-0.05, 0) is 26.0 Å². The molecule has 1 N–H and O–H groups in total. The summed E-state index contributed by atoms with van der Waals surface area (Å²) in [5.41, 5.74) is 0. The fraction of sp³-hybridized carbons (Fsp3) is 0.538. The number of fused-ring (bicyclic) bond motifs is 1. The lowest BCUT2D eigenvalue weighted by atomic mass is 10.2. The van der Waals surface area contributed by atoms with E-state index < -0.39 is 12.1 Å². The number of aliphatic hydroxyl groups excluding tert-OH is 1. The van der Waals surface area contributed by atoms with Crippen LogP contribution in [0.2, 0.25) is 0 Å². The van der Waals surface area contributed by atoms with Crippen LogP contribution in [0.15, 0.2) is 34.8 Å². The Kier molecular flexibility index (Phi) is 4.40. The van der Waals surface area contributed by atoms with E-state index in [-0.39, 0.29) is 12.2 Å². The van der Waals surface area contributed by atoms with Crippen molar-refractivity contribution in [2.24, 2.45) is 0 Å². The summed E-state index contributed by atoms with van der Waals surface area (Å²) in [4.78, 5) is 0. The standard InChI is InChI=1S/C7H12O4.C6H5Br/c1-7(2)10-4-3-9-6(8)5(4)11-7;7-6-4-2-1-3-5-6/h4-6,8H,3H2,1-2H3;1-5H. The quantitative estimate of drug-likeness (QED) is 0.798. The molecule has 18 heavy (non-hydrogen) atoms. The van der Waals surface area contributed by atoms with E-state index in [1.54, 1.807) is 0 Å². The summed E-state index contributed by atoms with van der Waals surface area (Å²) in [5.74, 6) is -0.569. The molecule has 2 aliphatic heterocycles. The predicted molar refractivity (Wildman–Crippen MR) is 69.9 cm³/mol. The Hall–Kier alpha value is -0.460. The lowest BCUT2D eigenvalue weighted by Crippen LogP contribution is -2.29. The van der Waals surface area contributed by atoms with Crippen molar-refractivity contribution in [2.45, 2.75) is 38.1 Å². The van der Waals surface area contributed by atoms with Crippen LogP contribution < -0.4 is 0 Å². The molecule has 3 atom stereocenters. The second kappa shape index (κ2) is 5.67. The summed E-state index contributed by atoms with van der Waals surface area (Å²) in [5, 5.41) is 9.20. The molecule has 0 radical (unpaired) electrons. The highest BCUT2D eigenvalue weighted by molar-refractivity contribution is 9.10. The lowest BCUT2D eigenvalue weighted by molar-refractivity contribution is -0.205. The van der Waals surface area contributed by atoms with Crippen molar-refractivity contribution < 1.29 is 19.3 Å². The van der Waals surface area contributed by atoms with Crippen molar-refractivity contribution in [3.8, 4) is 0 Å². The van der Waals surface area contributed by atoms with Crippen LogP contribution >= 0.6 is 15.9 Å². The van der Waals surface area contributed by atoms with E-state index in [4.69, 9.17) is 14.2 Å². The third kappa shape index (κ3) is 3.52. The van der Waals surface area contributed by atoms with Crippen molar-refractivity contribution >= 4 is 15.9 Å². The smallest absolute Gasteiger partial charge is 0.184 e. The summed E-state index contributed by atoms with van der Waals surface area (Å²) in [6.07, 6.45) is -1.22. The fourth-order valence-corrected chi connectivity index (χ4v) is 2.24. The van der Waals surface area contributed by atoms with Crippen LogP contribution in [-0.4, -0.2) is 36.0 Å². The van der Waals surface area contributed by atoms with E-state index in [0.717, 1.165) is 4.47 Å². The minimum absolute atomic E-state index is 0.0972. The molecule has 0 amide bonds. The van der Waals surface area contributed by atoms with Crippen molar-refractivity contribution in [3.05, 3.63) is 34.8 Å². The maximum absolute atomic E-state index is 9.20. The zero-order valence-electron chi connectivity index (χ0n) is 10.4. The topological polar surface area (TPSA) is 47.9 Å². The molecule has 0 saturated carbocycles. The van der Waals surface area contributed by atoms with Gasteiger partial charge in [-0.2, -0.15) is 0 Å². The van der Waals surface area contributed by atoms with Gasteiger partial charge in [-0.15, -0.1) is 0 Å². The number of hydrogen-bond acceptors (Lipinski definition) is 4. The molecule has 3 rings (SSSR count). The first-order valence-corrected chi connectivity index (χ1v) is 6.63. The minimum Gasteiger partial charge on any atom is -0.366 e. The van der Waals surface area contributed by atoms with Crippen LogP contribution in [0.5, 0.6) is 0 Å². The van der Waals surface area contributed by atoms with Crippen molar-refractivity contribution in [1.82, 2.24) is 0 Å². The molecule has 1 aromatic carbocycles. The highest BCUT2D eigenvalue weighted by Crippen LogP contribution is 2.33. The maximum atomic E-state index is 9.20. The molecule has 100 valence electrons. The first-order valence-electron chi connectivity index (χ1n) is 5.84. The Bertz CT molecular complexity index is 382. The molecule has 2 fully saturated rings. The highest BCUT2D eigenvalue weighted by atomic mass is 79.9. The second-order valence-corrected chi connectivity index (χ2v) is 5.57. The molecule has 5 heteroatoms. The van der Waals surface area contributed by atoms with Crippen LogP contribution in [0, 0.1) is 0 Å². The average Bonchev–Trinajstić information content (AvgIpc) is 2.78. The number of benzene rings is 1. The van der Waals surface area contributed by atoms with Gasteiger partial charge in [0.15, 0.2) is 12.1 Å². The van der Waals surface area contributed by atoms with Crippen LogP contribution in [0.4, 0.5) is 0 Å². The summed E-state index contributed by atoms with van der Waals surface area (Å²) < 4.78 is 16.9. The molecular weight excluding hydrogens is 300 g/mol. The van der Waals surface area contributed by atoms with Gasteiger partial charge in [0.2, 0.25) is 0 Å². The van der Waals surface area contributed by atoms with E-state index >= 15 is 0 Å².